The van der Waals surface area contributed by atoms with Crippen molar-refractivity contribution in [2.45, 2.75) is 6.04 Å². The molecule has 4 rings (SSSR count). The van der Waals surface area contributed by atoms with E-state index in [1.165, 1.54) is 0 Å². The number of pyridine rings is 1. The molecule has 0 radical (unpaired) electrons. The van der Waals surface area contributed by atoms with Crippen molar-refractivity contribution in [3.05, 3.63) is 42.6 Å². The van der Waals surface area contributed by atoms with Gasteiger partial charge in [0.25, 0.3) is 0 Å². The summed E-state index contributed by atoms with van der Waals surface area (Å²) in [5, 5.41) is 2.91. The Hall–Kier alpha value is -2.93. The maximum Gasteiger partial charge on any atom is 0.321 e. The van der Waals surface area contributed by atoms with Crippen molar-refractivity contribution < 1.29 is 9.21 Å². The summed E-state index contributed by atoms with van der Waals surface area (Å²) in [6.07, 6.45) is 1.70. The first-order valence-corrected chi connectivity index (χ1v) is 8.14. The Morgan fingerprint density at radius 2 is 2.12 bits per heavy atom. The number of benzene rings is 1. The molecule has 7 nitrogen and oxygen atoms in total. The quantitative estimate of drug-likeness (QED) is 0.795. The first-order chi connectivity index (χ1) is 12.1. The van der Waals surface area contributed by atoms with Crippen LogP contribution in [0.25, 0.3) is 22.7 Å². The first-order valence-electron chi connectivity index (χ1n) is 8.14. The van der Waals surface area contributed by atoms with Crippen molar-refractivity contribution in [1.29, 1.82) is 0 Å². The Balaban J connectivity index is 1.49. The van der Waals surface area contributed by atoms with Crippen LogP contribution in [0.5, 0.6) is 0 Å². The minimum absolute atomic E-state index is 0.0954. The molecule has 128 valence electrons. The van der Waals surface area contributed by atoms with Crippen molar-refractivity contribution in [2.75, 3.05) is 32.5 Å². The minimum atomic E-state index is -0.0954. The van der Waals surface area contributed by atoms with E-state index < -0.39 is 0 Å². The number of oxazole rings is 1. The lowest BCUT2D eigenvalue weighted by Gasteiger charge is -2.42. The van der Waals surface area contributed by atoms with Gasteiger partial charge in [-0.25, -0.2) is 9.78 Å². The number of anilines is 1. The maximum atomic E-state index is 12.3. The summed E-state index contributed by atoms with van der Waals surface area (Å²) in [5.74, 6) is 0.468. The van der Waals surface area contributed by atoms with Crippen molar-refractivity contribution in [1.82, 2.24) is 19.8 Å². The fraction of sp³-hybridized carbons (Fsp3) is 0.278. The molecule has 0 spiro atoms. The molecule has 1 fully saturated rings. The lowest BCUT2D eigenvalue weighted by molar-refractivity contribution is 0.0942. The van der Waals surface area contributed by atoms with Crippen LogP contribution in [0.4, 0.5) is 10.5 Å². The van der Waals surface area contributed by atoms with Gasteiger partial charge in [-0.15, -0.1) is 0 Å². The van der Waals surface area contributed by atoms with Crippen molar-refractivity contribution in [2.24, 2.45) is 0 Å². The number of urea groups is 1. The van der Waals surface area contributed by atoms with Gasteiger partial charge >= 0.3 is 6.03 Å². The van der Waals surface area contributed by atoms with Gasteiger partial charge in [0.2, 0.25) is 5.89 Å². The first kappa shape index (κ1) is 15.6. The third-order valence-corrected chi connectivity index (χ3v) is 4.40. The number of rotatable bonds is 3. The summed E-state index contributed by atoms with van der Waals surface area (Å²) in [5.41, 5.74) is 2.72. The number of likely N-dealkylation sites (N-methyl/N-ethyl adjacent to an activating group) is 1. The Labute approximate surface area is 145 Å². The molecule has 3 heterocycles. The molecule has 1 aromatic carbocycles. The van der Waals surface area contributed by atoms with Gasteiger partial charge in [-0.1, -0.05) is 6.07 Å². The van der Waals surface area contributed by atoms with Crippen LogP contribution in [-0.4, -0.2) is 59.0 Å². The second kappa shape index (κ2) is 6.18. The summed E-state index contributed by atoms with van der Waals surface area (Å²) < 4.78 is 5.78. The molecule has 2 aromatic heterocycles. The third-order valence-electron chi connectivity index (χ3n) is 4.40. The molecule has 1 aliphatic heterocycles. The van der Waals surface area contributed by atoms with Gasteiger partial charge < -0.3 is 19.5 Å². The number of nitrogens with one attached hydrogen (secondary N) is 1. The number of hydrogen-bond donors (Lipinski definition) is 1. The van der Waals surface area contributed by atoms with E-state index in [1.807, 2.05) is 44.4 Å². The van der Waals surface area contributed by atoms with E-state index in [-0.39, 0.29) is 6.03 Å². The standard InChI is InChI=1S/C18H19N5O2/c1-22(2)13-10-23(11-13)18(24)20-12-6-7-14-16(9-12)25-17(21-14)15-5-3-4-8-19-15/h3-9,13H,10-11H2,1-2H3,(H,20,24). The molecule has 7 heteroatoms. The number of likely N-dealkylation sites (tertiary alicyclic amines) is 1. The number of nitrogens with zero attached hydrogens (tertiary/aromatic N) is 4. The zero-order valence-corrected chi connectivity index (χ0v) is 14.1. The van der Waals surface area contributed by atoms with Crippen molar-refractivity contribution in [3.8, 4) is 11.6 Å². The Kier molecular flexibility index (Phi) is 3.85. The summed E-state index contributed by atoms with van der Waals surface area (Å²) >= 11 is 0. The molecule has 1 saturated heterocycles. The minimum Gasteiger partial charge on any atom is -0.435 e. The molecule has 0 saturated carbocycles. The molecule has 0 bridgehead atoms. The molecule has 0 aliphatic carbocycles. The number of amides is 2. The van der Waals surface area contributed by atoms with Crippen LogP contribution >= 0.6 is 0 Å². The highest BCUT2D eigenvalue weighted by atomic mass is 16.3. The average molecular weight is 337 g/mol. The van der Waals surface area contributed by atoms with Crippen LogP contribution in [-0.2, 0) is 0 Å². The highest BCUT2D eigenvalue weighted by Gasteiger charge is 2.31. The zero-order valence-electron chi connectivity index (χ0n) is 14.1. The van der Waals surface area contributed by atoms with Gasteiger partial charge in [-0.2, -0.15) is 0 Å². The summed E-state index contributed by atoms with van der Waals surface area (Å²) in [6, 6.07) is 11.4. The van der Waals surface area contributed by atoms with Crippen LogP contribution in [0.2, 0.25) is 0 Å². The average Bonchev–Trinajstić information content (AvgIpc) is 2.97. The normalized spacial score (nSPS) is 14.8. The van der Waals surface area contributed by atoms with Gasteiger partial charge in [-0.3, -0.25) is 4.98 Å². The number of hydrogen-bond acceptors (Lipinski definition) is 5. The Bertz CT molecular complexity index is 900. The molecule has 2 amide bonds. The second-order valence-electron chi connectivity index (χ2n) is 6.37. The Morgan fingerprint density at radius 3 is 2.84 bits per heavy atom. The molecule has 0 atom stereocenters. The van der Waals surface area contributed by atoms with Crippen molar-refractivity contribution in [3.63, 3.8) is 0 Å². The largest absolute Gasteiger partial charge is 0.435 e. The number of carbonyl (C=O) groups is 1. The van der Waals surface area contributed by atoms with E-state index in [0.29, 0.717) is 28.9 Å². The van der Waals surface area contributed by atoms with Crippen LogP contribution in [0.1, 0.15) is 0 Å². The summed E-state index contributed by atoms with van der Waals surface area (Å²) in [7, 11) is 4.05. The molecular weight excluding hydrogens is 318 g/mol. The van der Waals surface area contributed by atoms with E-state index in [9.17, 15) is 4.79 Å². The number of carbonyl (C=O) groups excluding carboxylic acids is 1. The molecular formula is C18H19N5O2. The topological polar surface area (TPSA) is 74.5 Å². The molecule has 1 N–H and O–H groups in total. The van der Waals surface area contributed by atoms with E-state index in [0.717, 1.165) is 18.6 Å². The zero-order chi connectivity index (χ0) is 17.4. The predicted octanol–water partition coefficient (Wildman–Crippen LogP) is 2.67. The smallest absolute Gasteiger partial charge is 0.321 e. The van der Waals surface area contributed by atoms with E-state index >= 15 is 0 Å². The van der Waals surface area contributed by atoms with Gasteiger partial charge in [0.15, 0.2) is 5.58 Å². The monoisotopic (exact) mass is 337 g/mol. The van der Waals surface area contributed by atoms with E-state index in [4.69, 9.17) is 4.42 Å². The molecule has 25 heavy (non-hydrogen) atoms. The maximum absolute atomic E-state index is 12.3. The molecule has 0 unspecified atom stereocenters. The van der Waals surface area contributed by atoms with Crippen LogP contribution in [0.15, 0.2) is 47.0 Å². The van der Waals surface area contributed by atoms with Gasteiger partial charge in [-0.05, 0) is 38.4 Å². The summed E-state index contributed by atoms with van der Waals surface area (Å²) in [4.78, 5) is 24.9. The number of aromatic nitrogens is 2. The van der Waals surface area contributed by atoms with Crippen LogP contribution in [0.3, 0.4) is 0 Å². The highest BCUT2D eigenvalue weighted by Crippen LogP contribution is 2.25. The Morgan fingerprint density at radius 1 is 1.28 bits per heavy atom. The highest BCUT2D eigenvalue weighted by molar-refractivity contribution is 5.92. The predicted molar refractivity (Wildman–Crippen MR) is 95.3 cm³/mol. The lowest BCUT2D eigenvalue weighted by Crippen LogP contribution is -2.60. The van der Waals surface area contributed by atoms with Crippen molar-refractivity contribution >= 4 is 22.8 Å². The van der Waals surface area contributed by atoms with E-state index in [2.05, 4.69) is 20.2 Å². The fourth-order valence-electron chi connectivity index (χ4n) is 2.75. The fourth-order valence-corrected chi connectivity index (χ4v) is 2.75. The van der Waals surface area contributed by atoms with Gasteiger partial charge in [0, 0.05) is 37.1 Å². The van der Waals surface area contributed by atoms with Gasteiger partial charge in [0.1, 0.15) is 11.2 Å². The lowest BCUT2D eigenvalue weighted by atomic mass is 10.1. The van der Waals surface area contributed by atoms with Crippen LogP contribution < -0.4 is 5.32 Å². The second-order valence-corrected chi connectivity index (χ2v) is 6.37. The van der Waals surface area contributed by atoms with Gasteiger partial charge in [0.05, 0.1) is 0 Å². The van der Waals surface area contributed by atoms with Crippen LogP contribution in [0, 0.1) is 0 Å². The third kappa shape index (κ3) is 3.06. The molecule has 1 aliphatic rings. The number of fused-ring (bicyclic) bond motifs is 1. The summed E-state index contributed by atoms with van der Waals surface area (Å²) in [6.45, 7) is 1.49. The van der Waals surface area contributed by atoms with E-state index in [1.54, 1.807) is 17.2 Å². The molecule has 3 aromatic rings. The SMILES string of the molecule is CN(C)C1CN(C(=O)Nc2ccc3nc(-c4ccccn4)oc3c2)C1.